The van der Waals surface area contributed by atoms with Gasteiger partial charge in [0.05, 0.1) is 12.6 Å². The SMILES string of the molecule is CN=C(NCc1nc(-c2cccc(Cl)c2)no1)NC(C)c1ccc(C)c(F)c1.I. The Bertz CT molecular complexity index is 995. The zero-order valence-electron chi connectivity index (χ0n) is 16.2. The highest BCUT2D eigenvalue weighted by Crippen LogP contribution is 2.20. The first-order chi connectivity index (χ1) is 13.5. The van der Waals surface area contributed by atoms with E-state index in [1.807, 2.05) is 25.1 Å². The van der Waals surface area contributed by atoms with Crippen LogP contribution >= 0.6 is 35.6 Å². The van der Waals surface area contributed by atoms with Gasteiger partial charge in [-0.15, -0.1) is 24.0 Å². The molecule has 0 radical (unpaired) electrons. The van der Waals surface area contributed by atoms with Gasteiger partial charge in [0.25, 0.3) is 0 Å². The molecule has 3 aromatic rings. The molecule has 0 fully saturated rings. The lowest BCUT2D eigenvalue weighted by Crippen LogP contribution is -2.38. The van der Waals surface area contributed by atoms with Gasteiger partial charge in [0.15, 0.2) is 5.96 Å². The number of hydrogen-bond donors (Lipinski definition) is 2. The number of rotatable bonds is 5. The Morgan fingerprint density at radius 1 is 1.28 bits per heavy atom. The van der Waals surface area contributed by atoms with Crippen LogP contribution in [0, 0.1) is 12.7 Å². The summed E-state index contributed by atoms with van der Waals surface area (Å²) >= 11 is 5.99. The lowest BCUT2D eigenvalue weighted by atomic mass is 10.1. The largest absolute Gasteiger partial charge is 0.350 e. The maximum absolute atomic E-state index is 13.8. The van der Waals surface area contributed by atoms with Crippen molar-refractivity contribution >= 4 is 41.5 Å². The van der Waals surface area contributed by atoms with E-state index in [0.29, 0.717) is 34.8 Å². The third kappa shape index (κ3) is 6.14. The van der Waals surface area contributed by atoms with Crippen molar-refractivity contribution in [1.82, 2.24) is 20.8 Å². The molecule has 6 nitrogen and oxygen atoms in total. The van der Waals surface area contributed by atoms with Crippen molar-refractivity contribution in [3.63, 3.8) is 0 Å². The van der Waals surface area contributed by atoms with Gasteiger partial charge in [0.1, 0.15) is 5.82 Å². The van der Waals surface area contributed by atoms with Crippen molar-refractivity contribution in [2.45, 2.75) is 26.4 Å². The molecular formula is C20H22ClFIN5O. The second kappa shape index (κ2) is 10.5. The Balaban J connectivity index is 0.00000300. The predicted molar refractivity (Wildman–Crippen MR) is 123 cm³/mol. The molecule has 2 aromatic carbocycles. The smallest absolute Gasteiger partial charge is 0.246 e. The molecule has 0 saturated heterocycles. The van der Waals surface area contributed by atoms with Gasteiger partial charge in [0, 0.05) is 17.6 Å². The average molecular weight is 530 g/mol. The summed E-state index contributed by atoms with van der Waals surface area (Å²) in [6.07, 6.45) is 0. The first-order valence-electron chi connectivity index (χ1n) is 8.78. The van der Waals surface area contributed by atoms with Crippen LogP contribution in [0.15, 0.2) is 52.0 Å². The molecule has 0 aliphatic carbocycles. The van der Waals surface area contributed by atoms with Crippen molar-refractivity contribution in [3.05, 3.63) is 70.3 Å². The number of benzene rings is 2. The van der Waals surface area contributed by atoms with Gasteiger partial charge in [-0.3, -0.25) is 4.99 Å². The van der Waals surface area contributed by atoms with Crippen molar-refractivity contribution < 1.29 is 8.91 Å². The topological polar surface area (TPSA) is 75.3 Å². The van der Waals surface area contributed by atoms with Crippen molar-refractivity contribution in [1.29, 1.82) is 0 Å². The second-order valence-electron chi connectivity index (χ2n) is 6.32. The molecule has 0 amide bonds. The van der Waals surface area contributed by atoms with Crippen LogP contribution in [0.1, 0.15) is 30.0 Å². The fraction of sp³-hybridized carbons (Fsp3) is 0.250. The van der Waals surface area contributed by atoms with E-state index in [9.17, 15) is 4.39 Å². The van der Waals surface area contributed by atoms with E-state index in [1.54, 1.807) is 32.2 Å². The van der Waals surface area contributed by atoms with E-state index < -0.39 is 0 Å². The summed E-state index contributed by atoms with van der Waals surface area (Å²) in [5.74, 6) is 1.18. The van der Waals surface area contributed by atoms with Crippen LogP contribution in [0.3, 0.4) is 0 Å². The van der Waals surface area contributed by atoms with E-state index in [2.05, 4.69) is 25.8 Å². The Kier molecular flexibility index (Phi) is 8.39. The first kappa shape index (κ1) is 23.1. The van der Waals surface area contributed by atoms with Crippen LogP contribution in [-0.2, 0) is 6.54 Å². The summed E-state index contributed by atoms with van der Waals surface area (Å²) in [4.78, 5) is 8.53. The van der Waals surface area contributed by atoms with Crippen LogP contribution in [-0.4, -0.2) is 23.1 Å². The summed E-state index contributed by atoms with van der Waals surface area (Å²) in [6.45, 7) is 3.96. The number of hydrogen-bond acceptors (Lipinski definition) is 4. The number of nitrogens with one attached hydrogen (secondary N) is 2. The summed E-state index contributed by atoms with van der Waals surface area (Å²) in [7, 11) is 1.66. The summed E-state index contributed by atoms with van der Waals surface area (Å²) in [5, 5.41) is 10.9. The van der Waals surface area contributed by atoms with E-state index >= 15 is 0 Å². The highest BCUT2D eigenvalue weighted by Gasteiger charge is 2.12. The minimum Gasteiger partial charge on any atom is -0.350 e. The maximum Gasteiger partial charge on any atom is 0.246 e. The highest BCUT2D eigenvalue weighted by molar-refractivity contribution is 14.0. The van der Waals surface area contributed by atoms with Crippen LogP contribution < -0.4 is 10.6 Å². The molecule has 1 heterocycles. The Labute approximate surface area is 191 Å². The summed E-state index contributed by atoms with van der Waals surface area (Å²) in [6, 6.07) is 12.3. The maximum atomic E-state index is 13.8. The van der Waals surface area contributed by atoms with Crippen LogP contribution in [0.25, 0.3) is 11.4 Å². The molecule has 2 N–H and O–H groups in total. The van der Waals surface area contributed by atoms with Crippen LogP contribution in [0.5, 0.6) is 0 Å². The fourth-order valence-corrected chi connectivity index (χ4v) is 2.78. The monoisotopic (exact) mass is 529 g/mol. The standard InChI is InChI=1S/C20H21ClFN5O.HI/c1-12-7-8-14(10-17(12)22)13(2)25-20(23-3)24-11-18-26-19(27-28-18)15-5-4-6-16(21)9-15;/h4-10,13H,11H2,1-3H3,(H2,23,24,25);1H. The molecular weight excluding hydrogens is 508 g/mol. The molecule has 0 bridgehead atoms. The lowest BCUT2D eigenvalue weighted by Gasteiger charge is -2.18. The van der Waals surface area contributed by atoms with Crippen molar-refractivity contribution in [2.75, 3.05) is 7.05 Å². The van der Waals surface area contributed by atoms with Gasteiger partial charge >= 0.3 is 0 Å². The van der Waals surface area contributed by atoms with Gasteiger partial charge in [-0.05, 0) is 43.2 Å². The summed E-state index contributed by atoms with van der Waals surface area (Å²) < 4.78 is 19.1. The second-order valence-corrected chi connectivity index (χ2v) is 6.76. The molecule has 1 atom stereocenters. The normalized spacial score (nSPS) is 12.2. The number of nitrogens with zero attached hydrogens (tertiary/aromatic N) is 3. The molecule has 154 valence electrons. The number of aromatic nitrogens is 2. The Morgan fingerprint density at radius 2 is 2.07 bits per heavy atom. The Morgan fingerprint density at radius 3 is 2.76 bits per heavy atom. The van der Waals surface area contributed by atoms with Gasteiger partial charge in [-0.2, -0.15) is 4.98 Å². The fourth-order valence-electron chi connectivity index (χ4n) is 2.59. The molecule has 1 aromatic heterocycles. The van der Waals surface area contributed by atoms with Gasteiger partial charge in [-0.25, -0.2) is 4.39 Å². The molecule has 1 unspecified atom stereocenters. The third-order valence-corrected chi connectivity index (χ3v) is 4.47. The predicted octanol–water partition coefficient (Wildman–Crippen LogP) is 4.88. The number of aryl methyl sites for hydroxylation is 1. The minimum absolute atomic E-state index is 0. The highest BCUT2D eigenvalue weighted by atomic mass is 127. The van der Waals surface area contributed by atoms with Gasteiger partial charge < -0.3 is 15.2 Å². The number of aliphatic imine (C=N–C) groups is 1. The van der Waals surface area contributed by atoms with Crippen LogP contribution in [0.2, 0.25) is 5.02 Å². The number of halogens is 3. The molecule has 0 aliphatic heterocycles. The van der Waals surface area contributed by atoms with E-state index in [-0.39, 0.29) is 35.8 Å². The van der Waals surface area contributed by atoms with E-state index in [4.69, 9.17) is 16.1 Å². The lowest BCUT2D eigenvalue weighted by molar-refractivity contribution is 0.375. The van der Waals surface area contributed by atoms with E-state index in [0.717, 1.165) is 11.1 Å². The zero-order valence-corrected chi connectivity index (χ0v) is 19.3. The molecule has 0 aliphatic rings. The molecule has 3 rings (SSSR count). The molecule has 0 spiro atoms. The molecule has 9 heteroatoms. The quantitative estimate of drug-likeness (QED) is 0.280. The number of guanidine groups is 1. The van der Waals surface area contributed by atoms with Crippen molar-refractivity contribution in [3.8, 4) is 11.4 Å². The van der Waals surface area contributed by atoms with Gasteiger partial charge in [-0.1, -0.05) is 41.0 Å². The van der Waals surface area contributed by atoms with Crippen molar-refractivity contribution in [2.24, 2.45) is 4.99 Å². The third-order valence-electron chi connectivity index (χ3n) is 4.23. The van der Waals surface area contributed by atoms with Crippen LogP contribution in [0.4, 0.5) is 4.39 Å². The molecule has 29 heavy (non-hydrogen) atoms. The molecule has 0 saturated carbocycles. The summed E-state index contributed by atoms with van der Waals surface area (Å²) in [5.41, 5.74) is 2.22. The zero-order chi connectivity index (χ0) is 20.1. The van der Waals surface area contributed by atoms with Gasteiger partial charge in [0.2, 0.25) is 11.7 Å². The average Bonchev–Trinajstić information content (AvgIpc) is 3.16. The first-order valence-corrected chi connectivity index (χ1v) is 9.16. The Hall–Kier alpha value is -2.20. The van der Waals surface area contributed by atoms with E-state index in [1.165, 1.54) is 6.07 Å². The minimum atomic E-state index is -0.228.